The van der Waals surface area contributed by atoms with Crippen molar-refractivity contribution in [2.45, 2.75) is 59.0 Å². The Hall–Kier alpha value is -2.82. The van der Waals surface area contributed by atoms with Gasteiger partial charge in [-0.15, -0.1) is 0 Å². The molecule has 2 aromatic rings. The lowest BCUT2D eigenvalue weighted by Gasteiger charge is -2.21. The number of benzene rings is 2. The molecule has 1 unspecified atom stereocenters. The quantitative estimate of drug-likeness (QED) is 0.512. The molecule has 0 aromatic heterocycles. The van der Waals surface area contributed by atoms with Gasteiger partial charge in [0.15, 0.2) is 0 Å². The van der Waals surface area contributed by atoms with Crippen molar-refractivity contribution in [2.75, 3.05) is 5.32 Å². The summed E-state index contributed by atoms with van der Waals surface area (Å²) in [6.45, 7) is 5.58. The maximum Gasteiger partial charge on any atom is 0.336 e. The molecule has 0 fully saturated rings. The highest BCUT2D eigenvalue weighted by Crippen LogP contribution is 2.39. The smallest absolute Gasteiger partial charge is 0.336 e. The number of aromatic carboxylic acids is 1. The second-order valence-electron chi connectivity index (χ2n) is 6.99. The van der Waals surface area contributed by atoms with Crippen LogP contribution >= 0.6 is 0 Å². The van der Waals surface area contributed by atoms with Crippen molar-refractivity contribution in [3.05, 3.63) is 48.0 Å². The number of carbonyl (C=O) groups excluding carboxylic acids is 1. The number of rotatable bonds is 10. The maximum absolute atomic E-state index is 11.8. The lowest BCUT2D eigenvalue weighted by Crippen LogP contribution is -2.16. The van der Waals surface area contributed by atoms with E-state index in [0.29, 0.717) is 22.6 Å². The third-order valence-electron chi connectivity index (χ3n) is 4.55. The lowest BCUT2D eigenvalue weighted by atomic mass is 9.96. The number of hydrogen-bond acceptors (Lipinski definition) is 3. The highest BCUT2D eigenvalue weighted by atomic mass is 16.5. The lowest BCUT2D eigenvalue weighted by molar-refractivity contribution is -0.114. The molecule has 0 saturated carbocycles. The van der Waals surface area contributed by atoms with E-state index in [-0.39, 0.29) is 17.6 Å². The molecule has 5 nitrogen and oxygen atoms in total. The van der Waals surface area contributed by atoms with Crippen LogP contribution in [0.3, 0.4) is 0 Å². The molecule has 0 heterocycles. The van der Waals surface area contributed by atoms with Crippen LogP contribution in [-0.2, 0) is 4.79 Å². The Kier molecular flexibility index (Phi) is 8.05. The zero-order chi connectivity index (χ0) is 20.5. The Morgan fingerprint density at radius 3 is 2.39 bits per heavy atom. The minimum absolute atomic E-state index is 0.0383. The zero-order valence-electron chi connectivity index (χ0n) is 16.8. The molecule has 0 aliphatic carbocycles. The molecule has 0 spiro atoms. The van der Waals surface area contributed by atoms with Gasteiger partial charge in [0.1, 0.15) is 5.75 Å². The number of carbonyl (C=O) groups is 2. The standard InChI is InChI=1S/C23H29NO4/c1-4-5-6-8-11-16(2)28-20-15-14-19(23(26)27)21(22(20)24-17(3)25)18-12-9-7-10-13-18/h7,9-10,12-16H,4-6,8,11H2,1-3H3,(H,24,25)(H,26,27). The maximum atomic E-state index is 11.8. The van der Waals surface area contributed by atoms with Gasteiger partial charge in [-0.1, -0.05) is 56.5 Å². The van der Waals surface area contributed by atoms with Crippen LogP contribution in [-0.4, -0.2) is 23.1 Å². The van der Waals surface area contributed by atoms with Crippen LogP contribution in [0.1, 0.15) is 63.2 Å². The number of amides is 1. The summed E-state index contributed by atoms with van der Waals surface area (Å²) < 4.78 is 6.12. The molecule has 28 heavy (non-hydrogen) atoms. The van der Waals surface area contributed by atoms with E-state index in [4.69, 9.17) is 4.74 Å². The van der Waals surface area contributed by atoms with Gasteiger partial charge in [-0.3, -0.25) is 4.79 Å². The molecule has 0 aliphatic rings. The van der Waals surface area contributed by atoms with E-state index in [1.165, 1.54) is 25.8 Å². The number of hydrogen-bond donors (Lipinski definition) is 2. The summed E-state index contributed by atoms with van der Waals surface area (Å²) in [4.78, 5) is 23.7. The van der Waals surface area contributed by atoms with Crippen molar-refractivity contribution in [1.82, 2.24) is 0 Å². The number of carboxylic acid groups (broad SMARTS) is 1. The highest BCUT2D eigenvalue weighted by Gasteiger charge is 2.22. The Morgan fingerprint density at radius 1 is 1.07 bits per heavy atom. The van der Waals surface area contributed by atoms with Gasteiger partial charge in [-0.25, -0.2) is 4.79 Å². The minimum Gasteiger partial charge on any atom is -0.489 e. The topological polar surface area (TPSA) is 75.6 Å². The van der Waals surface area contributed by atoms with Crippen LogP contribution < -0.4 is 10.1 Å². The van der Waals surface area contributed by atoms with Crippen molar-refractivity contribution in [3.63, 3.8) is 0 Å². The van der Waals surface area contributed by atoms with E-state index in [1.807, 2.05) is 37.3 Å². The zero-order valence-corrected chi connectivity index (χ0v) is 16.8. The van der Waals surface area contributed by atoms with Gasteiger partial charge in [0.25, 0.3) is 0 Å². The van der Waals surface area contributed by atoms with Crippen molar-refractivity contribution < 1.29 is 19.4 Å². The van der Waals surface area contributed by atoms with Gasteiger partial charge in [-0.05, 0) is 37.5 Å². The molecule has 0 saturated heterocycles. The molecular formula is C23H29NO4. The number of unbranched alkanes of at least 4 members (excludes halogenated alkanes) is 3. The fraction of sp³-hybridized carbons (Fsp3) is 0.391. The molecule has 2 N–H and O–H groups in total. The van der Waals surface area contributed by atoms with Crippen LogP contribution in [0, 0.1) is 0 Å². The second kappa shape index (κ2) is 10.5. The van der Waals surface area contributed by atoms with E-state index in [0.717, 1.165) is 19.3 Å². The van der Waals surface area contributed by atoms with Crippen molar-refractivity contribution >= 4 is 17.6 Å². The number of ether oxygens (including phenoxy) is 1. The molecule has 2 rings (SSSR count). The molecule has 5 heteroatoms. The largest absolute Gasteiger partial charge is 0.489 e. The normalized spacial score (nSPS) is 11.7. The van der Waals surface area contributed by atoms with E-state index >= 15 is 0 Å². The third-order valence-corrected chi connectivity index (χ3v) is 4.55. The Bertz CT molecular complexity index is 802. The third kappa shape index (κ3) is 5.84. The van der Waals surface area contributed by atoms with Gasteiger partial charge in [0, 0.05) is 12.5 Å². The van der Waals surface area contributed by atoms with Gasteiger partial charge in [-0.2, -0.15) is 0 Å². The molecule has 150 valence electrons. The number of anilines is 1. The molecule has 2 aromatic carbocycles. The summed E-state index contributed by atoms with van der Waals surface area (Å²) in [7, 11) is 0. The van der Waals surface area contributed by atoms with Crippen LogP contribution in [0.4, 0.5) is 5.69 Å². The number of nitrogens with one attached hydrogen (secondary N) is 1. The second-order valence-corrected chi connectivity index (χ2v) is 6.99. The Balaban J connectivity index is 2.42. The van der Waals surface area contributed by atoms with Gasteiger partial charge < -0.3 is 15.2 Å². The molecular weight excluding hydrogens is 354 g/mol. The first-order valence-corrected chi connectivity index (χ1v) is 9.84. The monoisotopic (exact) mass is 383 g/mol. The Morgan fingerprint density at radius 2 is 1.79 bits per heavy atom. The predicted octanol–water partition coefficient (Wildman–Crippen LogP) is 5.75. The van der Waals surface area contributed by atoms with Crippen molar-refractivity contribution in [2.24, 2.45) is 0 Å². The molecule has 1 atom stereocenters. The first kappa shape index (κ1) is 21.5. The Labute approximate surface area is 166 Å². The minimum atomic E-state index is -1.05. The van der Waals surface area contributed by atoms with Crippen molar-refractivity contribution in [1.29, 1.82) is 0 Å². The summed E-state index contributed by atoms with van der Waals surface area (Å²) in [6.07, 6.45) is 5.48. The van der Waals surface area contributed by atoms with Crippen LogP contribution in [0.5, 0.6) is 5.75 Å². The van der Waals surface area contributed by atoms with Crippen LogP contribution in [0.15, 0.2) is 42.5 Å². The fourth-order valence-electron chi connectivity index (χ4n) is 3.20. The first-order chi connectivity index (χ1) is 13.4. The summed E-state index contributed by atoms with van der Waals surface area (Å²) in [6, 6.07) is 12.3. The fourth-order valence-corrected chi connectivity index (χ4v) is 3.20. The van der Waals surface area contributed by atoms with Crippen LogP contribution in [0.25, 0.3) is 11.1 Å². The average Bonchev–Trinajstić information content (AvgIpc) is 2.66. The summed E-state index contributed by atoms with van der Waals surface area (Å²) >= 11 is 0. The van der Waals surface area contributed by atoms with E-state index in [1.54, 1.807) is 6.07 Å². The number of carboxylic acids is 1. The summed E-state index contributed by atoms with van der Waals surface area (Å²) in [5.41, 5.74) is 1.69. The molecule has 0 bridgehead atoms. The average molecular weight is 383 g/mol. The predicted molar refractivity (Wildman–Crippen MR) is 112 cm³/mol. The SMILES string of the molecule is CCCCCCC(C)Oc1ccc(C(=O)O)c(-c2ccccc2)c1NC(C)=O. The van der Waals surface area contributed by atoms with E-state index in [9.17, 15) is 14.7 Å². The highest BCUT2D eigenvalue weighted by molar-refractivity contribution is 6.05. The van der Waals surface area contributed by atoms with Gasteiger partial charge in [0.2, 0.25) is 5.91 Å². The molecule has 0 aliphatic heterocycles. The van der Waals surface area contributed by atoms with Gasteiger partial charge in [0.05, 0.1) is 17.4 Å². The van der Waals surface area contributed by atoms with Crippen molar-refractivity contribution in [3.8, 4) is 16.9 Å². The molecule has 0 radical (unpaired) electrons. The van der Waals surface area contributed by atoms with Gasteiger partial charge >= 0.3 is 5.97 Å². The summed E-state index contributed by atoms with van der Waals surface area (Å²) in [5, 5.41) is 12.5. The first-order valence-electron chi connectivity index (χ1n) is 9.84. The molecule has 1 amide bonds. The van der Waals surface area contributed by atoms with E-state index in [2.05, 4.69) is 12.2 Å². The van der Waals surface area contributed by atoms with E-state index < -0.39 is 5.97 Å². The summed E-state index contributed by atoms with van der Waals surface area (Å²) in [5.74, 6) is -0.841. The van der Waals surface area contributed by atoms with Crippen LogP contribution in [0.2, 0.25) is 0 Å².